The summed E-state index contributed by atoms with van der Waals surface area (Å²) in [5.41, 5.74) is 3.93. The number of thiophene rings is 1. The summed E-state index contributed by atoms with van der Waals surface area (Å²) in [5, 5.41) is 4.09. The second kappa shape index (κ2) is 5.93. The van der Waals surface area contributed by atoms with E-state index in [1.165, 1.54) is 0 Å². The lowest BCUT2D eigenvalue weighted by molar-refractivity contribution is 0.0955. The number of nitrogens with one attached hydrogen (secondary N) is 1. The van der Waals surface area contributed by atoms with E-state index in [0.717, 1.165) is 14.4 Å². The van der Waals surface area contributed by atoms with Crippen molar-refractivity contribution in [3.05, 3.63) is 56.7 Å². The summed E-state index contributed by atoms with van der Waals surface area (Å²) in [6.07, 6.45) is 0. The number of nitrogens with zero attached hydrogens (tertiary/aromatic N) is 1. The molecule has 0 fully saturated rings. The summed E-state index contributed by atoms with van der Waals surface area (Å²) < 4.78 is 1.04. The molecule has 0 saturated carbocycles. The molecule has 1 aromatic heterocycles. The lowest BCUT2D eigenvalue weighted by Crippen LogP contribution is -2.18. The van der Waals surface area contributed by atoms with Crippen molar-refractivity contribution in [2.45, 2.75) is 6.92 Å². The van der Waals surface area contributed by atoms with Crippen LogP contribution >= 0.6 is 27.3 Å². The highest BCUT2D eigenvalue weighted by molar-refractivity contribution is 9.11. The third kappa shape index (κ3) is 3.27. The molecule has 0 bridgehead atoms. The molecule has 3 nitrogen and oxygen atoms in total. The van der Waals surface area contributed by atoms with Gasteiger partial charge in [0.2, 0.25) is 0 Å². The molecule has 0 aliphatic heterocycles. The van der Waals surface area contributed by atoms with E-state index in [0.29, 0.717) is 5.56 Å². The van der Waals surface area contributed by atoms with Gasteiger partial charge in [0, 0.05) is 5.56 Å². The Hall–Kier alpha value is -1.46. The zero-order valence-electron chi connectivity index (χ0n) is 9.68. The maximum atomic E-state index is 11.8. The van der Waals surface area contributed by atoms with Crippen LogP contribution < -0.4 is 5.43 Å². The molecule has 0 atom stereocenters. The number of halogens is 1. The van der Waals surface area contributed by atoms with Crippen molar-refractivity contribution < 1.29 is 4.79 Å². The molecule has 2 aromatic rings. The van der Waals surface area contributed by atoms with Crippen LogP contribution in [0.25, 0.3) is 0 Å². The minimum absolute atomic E-state index is 0.203. The Morgan fingerprint density at radius 2 is 1.94 bits per heavy atom. The molecule has 0 aliphatic rings. The van der Waals surface area contributed by atoms with Crippen LogP contribution in [-0.4, -0.2) is 11.6 Å². The third-order valence-corrected chi connectivity index (χ3v) is 4.02. The van der Waals surface area contributed by atoms with Gasteiger partial charge in [-0.1, -0.05) is 18.2 Å². The largest absolute Gasteiger partial charge is 0.271 e. The lowest BCUT2D eigenvalue weighted by atomic mass is 10.2. The second-order valence-corrected chi connectivity index (χ2v) is 6.07. The molecule has 0 radical (unpaired) electrons. The fourth-order valence-corrected chi connectivity index (χ4v) is 2.68. The first-order valence-corrected chi connectivity index (χ1v) is 6.93. The van der Waals surface area contributed by atoms with Crippen LogP contribution in [-0.2, 0) is 0 Å². The average molecular weight is 323 g/mol. The van der Waals surface area contributed by atoms with Crippen molar-refractivity contribution in [1.82, 2.24) is 5.43 Å². The van der Waals surface area contributed by atoms with E-state index in [1.807, 2.05) is 37.3 Å². The van der Waals surface area contributed by atoms with Crippen molar-refractivity contribution in [3.63, 3.8) is 0 Å². The van der Waals surface area contributed by atoms with Gasteiger partial charge in [0.05, 0.1) is 14.4 Å². The monoisotopic (exact) mass is 322 g/mol. The maximum Gasteiger partial charge on any atom is 0.271 e. The van der Waals surface area contributed by atoms with Crippen molar-refractivity contribution in [1.29, 1.82) is 0 Å². The van der Waals surface area contributed by atoms with Crippen molar-refractivity contribution in [3.8, 4) is 0 Å². The Kier molecular flexibility index (Phi) is 4.28. The SMILES string of the molecule is CC(=NNC(=O)c1ccccc1)c1ccc(Br)s1. The zero-order chi connectivity index (χ0) is 13.0. The van der Waals surface area contributed by atoms with Gasteiger partial charge in [-0.25, -0.2) is 5.43 Å². The van der Waals surface area contributed by atoms with Gasteiger partial charge in [0.15, 0.2) is 0 Å². The Balaban J connectivity index is 2.05. The summed E-state index contributed by atoms with van der Waals surface area (Å²) >= 11 is 4.97. The Bertz CT molecular complexity index is 578. The summed E-state index contributed by atoms with van der Waals surface area (Å²) in [4.78, 5) is 12.8. The number of rotatable bonds is 3. The molecular weight excluding hydrogens is 312 g/mol. The highest BCUT2D eigenvalue weighted by Crippen LogP contribution is 2.22. The van der Waals surface area contributed by atoms with E-state index < -0.39 is 0 Å². The molecule has 92 valence electrons. The summed E-state index contributed by atoms with van der Waals surface area (Å²) in [6.45, 7) is 1.86. The zero-order valence-corrected chi connectivity index (χ0v) is 12.1. The van der Waals surface area contributed by atoms with Crippen molar-refractivity contribution >= 4 is 38.9 Å². The lowest BCUT2D eigenvalue weighted by Gasteiger charge is -2.00. The van der Waals surface area contributed by atoms with E-state index in [-0.39, 0.29) is 5.91 Å². The van der Waals surface area contributed by atoms with E-state index in [9.17, 15) is 4.79 Å². The van der Waals surface area contributed by atoms with Crippen LogP contribution in [0.2, 0.25) is 0 Å². The smallest absolute Gasteiger partial charge is 0.267 e. The second-order valence-electron chi connectivity index (χ2n) is 3.61. The normalized spacial score (nSPS) is 11.3. The molecule has 1 aromatic carbocycles. The molecule has 1 N–H and O–H groups in total. The third-order valence-electron chi connectivity index (χ3n) is 2.29. The molecular formula is C13H11BrN2OS. The van der Waals surface area contributed by atoms with Crippen molar-refractivity contribution in [2.75, 3.05) is 0 Å². The topological polar surface area (TPSA) is 41.5 Å². The van der Waals surface area contributed by atoms with Gasteiger partial charge in [-0.15, -0.1) is 11.3 Å². The number of benzene rings is 1. The van der Waals surface area contributed by atoms with E-state index in [4.69, 9.17) is 0 Å². The number of carbonyl (C=O) groups excluding carboxylic acids is 1. The van der Waals surface area contributed by atoms with Crippen molar-refractivity contribution in [2.24, 2.45) is 5.10 Å². The number of hydrogen-bond donors (Lipinski definition) is 1. The molecule has 18 heavy (non-hydrogen) atoms. The van der Waals surface area contributed by atoms with Gasteiger partial charge in [-0.05, 0) is 47.1 Å². The van der Waals surface area contributed by atoms with Gasteiger partial charge in [-0.2, -0.15) is 5.10 Å². The summed E-state index contributed by atoms with van der Waals surface area (Å²) in [6, 6.07) is 12.9. The molecule has 0 saturated heterocycles. The molecule has 1 heterocycles. The minimum atomic E-state index is -0.203. The van der Waals surface area contributed by atoms with Gasteiger partial charge >= 0.3 is 0 Å². The van der Waals surface area contributed by atoms with Crippen LogP contribution in [0.4, 0.5) is 0 Å². The van der Waals surface area contributed by atoms with E-state index >= 15 is 0 Å². The first-order chi connectivity index (χ1) is 8.66. The Labute approximate surface area is 118 Å². The predicted octanol–water partition coefficient (Wildman–Crippen LogP) is 3.66. The maximum absolute atomic E-state index is 11.8. The fourth-order valence-electron chi connectivity index (χ4n) is 1.35. The van der Waals surface area contributed by atoms with Crippen LogP contribution in [0.3, 0.4) is 0 Å². The fraction of sp³-hybridized carbons (Fsp3) is 0.0769. The molecule has 0 unspecified atom stereocenters. The quantitative estimate of drug-likeness (QED) is 0.680. The first-order valence-electron chi connectivity index (χ1n) is 5.32. The Morgan fingerprint density at radius 1 is 1.22 bits per heavy atom. The molecule has 0 spiro atoms. The standard InChI is InChI=1S/C13H11BrN2OS/c1-9(11-7-8-12(14)18-11)15-16-13(17)10-5-3-2-4-6-10/h2-8H,1H3,(H,16,17). The first kappa shape index (κ1) is 13.0. The molecule has 1 amide bonds. The number of amides is 1. The highest BCUT2D eigenvalue weighted by Gasteiger charge is 2.04. The minimum Gasteiger partial charge on any atom is -0.267 e. The van der Waals surface area contributed by atoms with E-state index in [2.05, 4.69) is 26.5 Å². The van der Waals surface area contributed by atoms with Crippen LogP contribution in [0.1, 0.15) is 22.2 Å². The van der Waals surface area contributed by atoms with Gasteiger partial charge in [0.25, 0.3) is 5.91 Å². The van der Waals surface area contributed by atoms with Crippen LogP contribution in [0.5, 0.6) is 0 Å². The van der Waals surface area contributed by atoms with Gasteiger partial charge in [-0.3, -0.25) is 4.79 Å². The molecule has 5 heteroatoms. The van der Waals surface area contributed by atoms with Crippen LogP contribution in [0, 0.1) is 0 Å². The Morgan fingerprint density at radius 3 is 2.56 bits per heavy atom. The summed E-state index contributed by atoms with van der Waals surface area (Å²) in [5.74, 6) is -0.203. The van der Waals surface area contributed by atoms with E-state index in [1.54, 1.807) is 23.5 Å². The number of hydrazone groups is 1. The number of hydrogen-bond acceptors (Lipinski definition) is 3. The van der Waals surface area contributed by atoms with Crippen LogP contribution in [0.15, 0.2) is 51.4 Å². The average Bonchev–Trinajstić information content (AvgIpc) is 2.83. The van der Waals surface area contributed by atoms with Gasteiger partial charge < -0.3 is 0 Å². The number of carbonyl (C=O) groups is 1. The van der Waals surface area contributed by atoms with Gasteiger partial charge in [0.1, 0.15) is 0 Å². The molecule has 2 rings (SSSR count). The predicted molar refractivity (Wildman–Crippen MR) is 78.1 cm³/mol. The molecule has 0 aliphatic carbocycles. The summed E-state index contributed by atoms with van der Waals surface area (Å²) in [7, 11) is 0. The highest BCUT2D eigenvalue weighted by atomic mass is 79.9.